The summed E-state index contributed by atoms with van der Waals surface area (Å²) < 4.78 is 0. The average Bonchev–Trinajstić information content (AvgIpc) is 1.89. The Hall–Kier alpha value is -0.370. The molecule has 0 unspecified atom stereocenters. The number of hydrogen-bond donors (Lipinski definition) is 1. The molecule has 0 aliphatic heterocycles. The van der Waals surface area contributed by atoms with Crippen LogP contribution in [0.2, 0.25) is 0 Å². The van der Waals surface area contributed by atoms with Crippen LogP contribution in [0.1, 0.15) is 32.6 Å². The van der Waals surface area contributed by atoms with Gasteiger partial charge in [0.05, 0.1) is 0 Å². The quantitative estimate of drug-likeness (QED) is 0.447. The summed E-state index contributed by atoms with van der Waals surface area (Å²) >= 11 is 0. The molecule has 0 saturated heterocycles. The number of carbonyl (C=O) groups is 1. The Labute approximate surface area is 55.9 Å². The fourth-order valence-corrected chi connectivity index (χ4v) is 0.672. The molecule has 0 aliphatic carbocycles. The van der Waals surface area contributed by atoms with E-state index in [1.54, 1.807) is 0 Å². The summed E-state index contributed by atoms with van der Waals surface area (Å²) in [7, 11) is 0. The van der Waals surface area contributed by atoms with Crippen LogP contribution >= 0.6 is 0 Å². The van der Waals surface area contributed by atoms with E-state index >= 15 is 0 Å². The molecule has 0 aromatic heterocycles. The fraction of sp³-hybridized carbons (Fsp3) is 0.857. The third-order valence-corrected chi connectivity index (χ3v) is 1.26. The first-order valence-electron chi connectivity index (χ1n) is 3.44. The van der Waals surface area contributed by atoms with E-state index in [0.717, 1.165) is 19.3 Å². The summed E-state index contributed by atoms with van der Waals surface area (Å²) in [4.78, 5) is 9.85. The third kappa shape index (κ3) is 5.50. The second kappa shape index (κ2) is 5.76. The Kier molecular flexibility index (Phi) is 5.52. The first-order chi connectivity index (χ1) is 4.31. The lowest BCUT2D eigenvalue weighted by atomic mass is 10.1. The Balaban J connectivity index is 2.96. The van der Waals surface area contributed by atoms with Crippen molar-refractivity contribution < 1.29 is 9.90 Å². The highest BCUT2D eigenvalue weighted by molar-refractivity contribution is 5.55. The van der Waals surface area contributed by atoms with Crippen molar-refractivity contribution in [3.05, 3.63) is 0 Å². The first kappa shape index (κ1) is 8.63. The number of unbranched alkanes of at least 4 members (excludes halogenated alkanes) is 2. The lowest BCUT2D eigenvalue weighted by Gasteiger charge is -1.99. The minimum Gasteiger partial charge on any atom is -0.386 e. The van der Waals surface area contributed by atoms with E-state index in [-0.39, 0.29) is 0 Å². The molecule has 2 heteroatoms. The molecule has 9 heavy (non-hydrogen) atoms. The molecule has 2 nitrogen and oxygen atoms in total. The van der Waals surface area contributed by atoms with Crippen molar-refractivity contribution in [2.24, 2.45) is 0 Å². The van der Waals surface area contributed by atoms with Crippen molar-refractivity contribution in [1.82, 2.24) is 0 Å². The van der Waals surface area contributed by atoms with Gasteiger partial charge in [0.1, 0.15) is 12.4 Å². The molecule has 0 rings (SSSR count). The molecule has 1 N–H and O–H groups in total. The van der Waals surface area contributed by atoms with Crippen molar-refractivity contribution in [3.8, 4) is 0 Å². The van der Waals surface area contributed by atoms with E-state index < -0.39 is 6.10 Å². The molecule has 0 fully saturated rings. The lowest BCUT2D eigenvalue weighted by molar-refractivity contribution is -0.115. The van der Waals surface area contributed by atoms with Crippen molar-refractivity contribution in [2.45, 2.75) is 38.7 Å². The van der Waals surface area contributed by atoms with Gasteiger partial charge in [-0.15, -0.1) is 0 Å². The van der Waals surface area contributed by atoms with Gasteiger partial charge in [0.25, 0.3) is 0 Å². The Morgan fingerprint density at radius 3 is 2.67 bits per heavy atom. The van der Waals surface area contributed by atoms with E-state index in [9.17, 15) is 4.79 Å². The molecule has 1 atom stereocenters. The van der Waals surface area contributed by atoms with Crippen molar-refractivity contribution in [2.75, 3.05) is 0 Å². The smallest absolute Gasteiger partial charge is 0.148 e. The molecule has 54 valence electrons. The van der Waals surface area contributed by atoms with Crippen molar-refractivity contribution in [1.29, 1.82) is 0 Å². The summed E-state index contributed by atoms with van der Waals surface area (Å²) in [5.41, 5.74) is 0. The molecule has 0 bridgehead atoms. The topological polar surface area (TPSA) is 37.3 Å². The number of carbonyl (C=O) groups excluding carboxylic acids is 1. The monoisotopic (exact) mass is 130 g/mol. The number of aliphatic hydroxyl groups is 1. The Bertz CT molecular complexity index is 71.3. The Morgan fingerprint density at radius 1 is 1.56 bits per heavy atom. The maximum Gasteiger partial charge on any atom is 0.148 e. The second-order valence-electron chi connectivity index (χ2n) is 2.20. The highest BCUT2D eigenvalue weighted by Crippen LogP contribution is 2.00. The fourth-order valence-electron chi connectivity index (χ4n) is 0.672. The molecule has 0 heterocycles. The maximum atomic E-state index is 9.85. The first-order valence-corrected chi connectivity index (χ1v) is 3.44. The zero-order valence-electron chi connectivity index (χ0n) is 5.84. The van der Waals surface area contributed by atoms with Gasteiger partial charge in [-0.3, -0.25) is 0 Å². The Morgan fingerprint density at radius 2 is 2.22 bits per heavy atom. The van der Waals surface area contributed by atoms with Gasteiger partial charge in [-0.05, 0) is 6.42 Å². The zero-order valence-corrected chi connectivity index (χ0v) is 5.84. The van der Waals surface area contributed by atoms with Crippen LogP contribution in [0, 0.1) is 0 Å². The normalized spacial score (nSPS) is 13.1. The largest absolute Gasteiger partial charge is 0.386 e. The van der Waals surface area contributed by atoms with Gasteiger partial charge in [-0.1, -0.05) is 26.2 Å². The third-order valence-electron chi connectivity index (χ3n) is 1.26. The minimum atomic E-state index is -0.725. The predicted molar refractivity (Wildman–Crippen MR) is 36.2 cm³/mol. The van der Waals surface area contributed by atoms with Crippen LogP contribution in [-0.2, 0) is 4.79 Å². The molecular formula is C7H14O2. The van der Waals surface area contributed by atoms with Crippen molar-refractivity contribution in [3.63, 3.8) is 0 Å². The molecule has 0 amide bonds. The molecule has 0 radical (unpaired) electrons. The summed E-state index contributed by atoms with van der Waals surface area (Å²) in [6.07, 6.45) is 3.68. The van der Waals surface area contributed by atoms with Gasteiger partial charge in [-0.25, -0.2) is 0 Å². The molecular weight excluding hydrogens is 116 g/mol. The number of rotatable bonds is 5. The van der Waals surface area contributed by atoms with Gasteiger partial charge >= 0.3 is 0 Å². The molecule has 0 aromatic rings. The van der Waals surface area contributed by atoms with Gasteiger partial charge in [0, 0.05) is 0 Å². The van der Waals surface area contributed by atoms with Crippen LogP contribution in [-0.4, -0.2) is 17.5 Å². The average molecular weight is 130 g/mol. The van der Waals surface area contributed by atoms with Gasteiger partial charge < -0.3 is 9.90 Å². The van der Waals surface area contributed by atoms with Crippen LogP contribution in [0.5, 0.6) is 0 Å². The second-order valence-corrected chi connectivity index (χ2v) is 2.20. The van der Waals surface area contributed by atoms with Crippen LogP contribution in [0.4, 0.5) is 0 Å². The number of aldehydes is 1. The SMILES string of the molecule is CCCCC[C@H](O)C=O. The standard InChI is InChI=1S/C7H14O2/c1-2-3-4-5-7(9)6-8/h6-7,9H,2-5H2,1H3/t7-/m0/s1. The predicted octanol–water partition coefficient (Wildman–Crippen LogP) is 1.13. The number of hydrogen-bond acceptors (Lipinski definition) is 2. The van der Waals surface area contributed by atoms with Gasteiger partial charge in [0.15, 0.2) is 0 Å². The summed E-state index contributed by atoms with van der Waals surface area (Å²) in [6, 6.07) is 0. The molecule has 0 aliphatic rings. The van der Waals surface area contributed by atoms with Gasteiger partial charge in [-0.2, -0.15) is 0 Å². The summed E-state index contributed by atoms with van der Waals surface area (Å²) in [5, 5.41) is 8.72. The van der Waals surface area contributed by atoms with E-state index in [4.69, 9.17) is 5.11 Å². The van der Waals surface area contributed by atoms with Crippen LogP contribution in [0.3, 0.4) is 0 Å². The van der Waals surface area contributed by atoms with E-state index in [1.807, 2.05) is 0 Å². The minimum absolute atomic E-state index is 0.593. The summed E-state index contributed by atoms with van der Waals surface area (Å²) in [6.45, 7) is 2.09. The maximum absolute atomic E-state index is 9.85. The van der Waals surface area contributed by atoms with E-state index in [1.165, 1.54) is 0 Å². The summed E-state index contributed by atoms with van der Waals surface area (Å²) in [5.74, 6) is 0. The van der Waals surface area contributed by atoms with Crippen molar-refractivity contribution >= 4 is 6.29 Å². The van der Waals surface area contributed by atoms with E-state index in [2.05, 4.69) is 6.92 Å². The molecule has 0 saturated carbocycles. The van der Waals surface area contributed by atoms with Gasteiger partial charge in [0.2, 0.25) is 0 Å². The highest BCUT2D eigenvalue weighted by atomic mass is 16.3. The van der Waals surface area contributed by atoms with Crippen LogP contribution < -0.4 is 0 Å². The van der Waals surface area contributed by atoms with Crippen LogP contribution in [0.25, 0.3) is 0 Å². The lowest BCUT2D eigenvalue weighted by Crippen LogP contribution is -2.06. The number of aliphatic hydroxyl groups excluding tert-OH is 1. The highest BCUT2D eigenvalue weighted by Gasteiger charge is 1.98. The van der Waals surface area contributed by atoms with Crippen LogP contribution in [0.15, 0.2) is 0 Å². The molecule has 0 spiro atoms. The van der Waals surface area contributed by atoms with E-state index in [0.29, 0.717) is 12.7 Å². The molecule has 0 aromatic carbocycles. The zero-order chi connectivity index (χ0) is 7.11.